The lowest BCUT2D eigenvalue weighted by Gasteiger charge is -2.11. The van der Waals surface area contributed by atoms with E-state index >= 15 is 0 Å². The van der Waals surface area contributed by atoms with Crippen molar-refractivity contribution in [3.8, 4) is 0 Å². The minimum atomic E-state index is -0.426. The Kier molecular flexibility index (Phi) is 2.87. The second-order valence-electron chi connectivity index (χ2n) is 4.41. The van der Waals surface area contributed by atoms with Crippen LogP contribution in [0.15, 0.2) is 42.6 Å². The number of pyridine rings is 1. The highest BCUT2D eigenvalue weighted by Gasteiger charge is 2.26. The van der Waals surface area contributed by atoms with Crippen molar-refractivity contribution >= 4 is 17.4 Å². The van der Waals surface area contributed by atoms with Gasteiger partial charge in [-0.1, -0.05) is 18.2 Å². The molecule has 2 N–H and O–H groups in total. The molecule has 0 saturated carbocycles. The summed E-state index contributed by atoms with van der Waals surface area (Å²) in [5.41, 5.74) is 2.10. The first kappa shape index (κ1) is 11.6. The summed E-state index contributed by atoms with van der Waals surface area (Å²) >= 11 is 0. The van der Waals surface area contributed by atoms with Crippen LogP contribution in [0.1, 0.15) is 5.56 Å². The van der Waals surface area contributed by atoms with E-state index in [0.717, 1.165) is 17.4 Å². The molecule has 0 spiro atoms. The molecule has 0 aliphatic carbocycles. The van der Waals surface area contributed by atoms with Crippen LogP contribution in [-0.4, -0.2) is 16.9 Å². The smallest absolute Gasteiger partial charge is 0.248 e. The van der Waals surface area contributed by atoms with Gasteiger partial charge in [-0.05, 0) is 23.8 Å². The highest BCUT2D eigenvalue weighted by molar-refractivity contribution is 5.97. The Hall–Kier alpha value is -2.43. The highest BCUT2D eigenvalue weighted by atomic mass is 19.1. The van der Waals surface area contributed by atoms with Crippen LogP contribution in [0.5, 0.6) is 0 Å². The fourth-order valence-corrected chi connectivity index (χ4v) is 2.12. The van der Waals surface area contributed by atoms with Crippen molar-refractivity contribution in [3.63, 3.8) is 0 Å². The summed E-state index contributed by atoms with van der Waals surface area (Å²) in [6.45, 7) is 0. The third-order valence-electron chi connectivity index (χ3n) is 3.07. The second kappa shape index (κ2) is 4.68. The maximum Gasteiger partial charge on any atom is 0.248 e. The third-order valence-corrected chi connectivity index (χ3v) is 3.07. The summed E-state index contributed by atoms with van der Waals surface area (Å²) in [6.07, 6.45) is 1.72. The monoisotopic (exact) mass is 257 g/mol. The molecule has 2 heterocycles. The zero-order valence-corrected chi connectivity index (χ0v) is 10.1. The number of benzene rings is 1. The fraction of sp³-hybridized carbons (Fsp3) is 0.143. The van der Waals surface area contributed by atoms with E-state index in [-0.39, 0.29) is 11.9 Å². The first-order chi connectivity index (χ1) is 9.22. The Balaban J connectivity index is 1.68. The van der Waals surface area contributed by atoms with E-state index < -0.39 is 5.82 Å². The van der Waals surface area contributed by atoms with Crippen LogP contribution < -0.4 is 10.6 Å². The van der Waals surface area contributed by atoms with Gasteiger partial charge in [0.1, 0.15) is 17.7 Å². The van der Waals surface area contributed by atoms with Crippen LogP contribution in [-0.2, 0) is 11.2 Å². The van der Waals surface area contributed by atoms with Crippen molar-refractivity contribution in [1.29, 1.82) is 0 Å². The number of anilines is 2. The predicted octanol–water partition coefficient (Wildman–Crippen LogP) is 2.20. The Labute approximate surface area is 109 Å². The number of fused-ring (bicyclic) bond motifs is 1. The topological polar surface area (TPSA) is 54.0 Å². The maximum absolute atomic E-state index is 12.7. The highest BCUT2D eigenvalue weighted by Crippen LogP contribution is 2.25. The third kappa shape index (κ3) is 2.40. The van der Waals surface area contributed by atoms with Gasteiger partial charge in [0.2, 0.25) is 5.91 Å². The van der Waals surface area contributed by atoms with E-state index in [1.807, 2.05) is 24.3 Å². The van der Waals surface area contributed by atoms with Crippen LogP contribution in [0.4, 0.5) is 15.9 Å². The first-order valence-corrected chi connectivity index (χ1v) is 5.99. The van der Waals surface area contributed by atoms with E-state index in [2.05, 4.69) is 15.6 Å². The summed E-state index contributed by atoms with van der Waals surface area (Å²) in [6, 6.07) is 10.2. The molecule has 3 rings (SSSR count). The number of carbonyl (C=O) groups excluding carboxylic acids is 1. The summed E-state index contributed by atoms with van der Waals surface area (Å²) in [4.78, 5) is 15.9. The van der Waals surface area contributed by atoms with Gasteiger partial charge >= 0.3 is 0 Å². The number of nitrogens with zero attached hydrogens (tertiary/aromatic N) is 1. The molecule has 0 fully saturated rings. The van der Waals surface area contributed by atoms with E-state index in [4.69, 9.17) is 0 Å². The number of amides is 1. The van der Waals surface area contributed by atoms with Crippen LogP contribution in [0.3, 0.4) is 0 Å². The minimum absolute atomic E-state index is 0.171. The van der Waals surface area contributed by atoms with Crippen LogP contribution in [0.2, 0.25) is 0 Å². The van der Waals surface area contributed by atoms with Gasteiger partial charge < -0.3 is 10.6 Å². The molecule has 1 aromatic carbocycles. The quantitative estimate of drug-likeness (QED) is 0.867. The van der Waals surface area contributed by atoms with Crippen molar-refractivity contribution < 1.29 is 9.18 Å². The largest absolute Gasteiger partial charge is 0.373 e. The maximum atomic E-state index is 12.7. The summed E-state index contributed by atoms with van der Waals surface area (Å²) in [7, 11) is 0. The molecule has 1 aliphatic rings. The Morgan fingerprint density at radius 2 is 2.16 bits per heavy atom. The molecule has 1 aromatic heterocycles. The molecular formula is C14H12FN3O. The zero-order valence-electron chi connectivity index (χ0n) is 10.1. The van der Waals surface area contributed by atoms with Crippen molar-refractivity contribution in [2.75, 3.05) is 10.6 Å². The van der Waals surface area contributed by atoms with Crippen molar-refractivity contribution in [1.82, 2.24) is 4.98 Å². The molecule has 1 aliphatic heterocycles. The van der Waals surface area contributed by atoms with Gasteiger partial charge in [-0.25, -0.2) is 9.37 Å². The number of nitrogens with one attached hydrogen (secondary N) is 2. The fourth-order valence-electron chi connectivity index (χ4n) is 2.12. The number of aromatic nitrogens is 1. The number of hydrogen-bond donors (Lipinski definition) is 2. The average molecular weight is 257 g/mol. The lowest BCUT2D eigenvalue weighted by Crippen LogP contribution is -2.33. The van der Waals surface area contributed by atoms with Crippen molar-refractivity contribution in [3.05, 3.63) is 54.0 Å². The molecule has 1 unspecified atom stereocenters. The molecule has 0 radical (unpaired) electrons. The minimum Gasteiger partial charge on any atom is -0.373 e. The van der Waals surface area contributed by atoms with Crippen molar-refractivity contribution in [2.24, 2.45) is 0 Å². The van der Waals surface area contributed by atoms with Gasteiger partial charge in [0, 0.05) is 12.1 Å². The normalized spacial score (nSPS) is 16.6. The van der Waals surface area contributed by atoms with E-state index in [1.165, 1.54) is 12.1 Å². The molecule has 2 aromatic rings. The Morgan fingerprint density at radius 3 is 2.89 bits per heavy atom. The number of carbonyl (C=O) groups is 1. The van der Waals surface area contributed by atoms with Gasteiger partial charge in [0.25, 0.3) is 0 Å². The van der Waals surface area contributed by atoms with Gasteiger partial charge in [-0.2, -0.15) is 0 Å². The molecule has 0 bridgehead atoms. The predicted molar refractivity (Wildman–Crippen MR) is 70.4 cm³/mol. The summed E-state index contributed by atoms with van der Waals surface area (Å²) in [5, 5.41) is 5.82. The molecular weight excluding hydrogens is 245 g/mol. The lowest BCUT2D eigenvalue weighted by atomic mass is 10.1. The molecule has 0 saturated heterocycles. The van der Waals surface area contributed by atoms with E-state index in [9.17, 15) is 9.18 Å². The first-order valence-electron chi connectivity index (χ1n) is 5.99. The second-order valence-corrected chi connectivity index (χ2v) is 4.41. The van der Waals surface area contributed by atoms with Gasteiger partial charge in [-0.3, -0.25) is 4.79 Å². The van der Waals surface area contributed by atoms with Gasteiger partial charge in [0.15, 0.2) is 0 Å². The van der Waals surface area contributed by atoms with Crippen LogP contribution >= 0.6 is 0 Å². The lowest BCUT2D eigenvalue weighted by molar-refractivity contribution is -0.116. The standard InChI is InChI=1S/C14H12FN3O/c15-10-5-6-13(16-8-10)18-14(19)12-7-9-3-1-2-4-11(9)17-12/h1-6,8,12,17H,7H2,(H,16,18,19). The summed E-state index contributed by atoms with van der Waals surface area (Å²) < 4.78 is 12.7. The molecule has 96 valence electrons. The molecule has 1 atom stereocenters. The summed E-state index contributed by atoms with van der Waals surface area (Å²) in [5.74, 6) is -0.246. The molecule has 4 nitrogen and oxygen atoms in total. The Bertz CT molecular complexity index is 587. The van der Waals surface area contributed by atoms with Gasteiger partial charge in [-0.15, -0.1) is 0 Å². The van der Waals surface area contributed by atoms with Crippen LogP contribution in [0, 0.1) is 5.82 Å². The number of para-hydroxylation sites is 1. The molecule has 5 heteroatoms. The zero-order chi connectivity index (χ0) is 13.2. The van der Waals surface area contributed by atoms with E-state index in [1.54, 1.807) is 0 Å². The van der Waals surface area contributed by atoms with Gasteiger partial charge in [0.05, 0.1) is 6.20 Å². The van der Waals surface area contributed by atoms with Crippen molar-refractivity contribution in [2.45, 2.75) is 12.5 Å². The number of rotatable bonds is 2. The number of hydrogen-bond acceptors (Lipinski definition) is 3. The Morgan fingerprint density at radius 1 is 1.32 bits per heavy atom. The average Bonchev–Trinajstić information content (AvgIpc) is 2.85. The van der Waals surface area contributed by atoms with Crippen LogP contribution in [0.25, 0.3) is 0 Å². The SMILES string of the molecule is O=C(Nc1ccc(F)cn1)C1Cc2ccccc2N1. The number of halogens is 1. The molecule has 1 amide bonds. The molecule has 19 heavy (non-hydrogen) atoms. The van der Waals surface area contributed by atoms with E-state index in [0.29, 0.717) is 12.2 Å².